The molecule has 1 aliphatic heterocycles. The van der Waals surface area contributed by atoms with Crippen LogP contribution in [0.5, 0.6) is 5.75 Å². The maximum absolute atomic E-state index is 12.6. The van der Waals surface area contributed by atoms with Gasteiger partial charge < -0.3 is 15.4 Å². The smallest absolute Gasteiger partial charge is 0.262 e. The maximum atomic E-state index is 12.6. The molecule has 0 saturated heterocycles. The van der Waals surface area contributed by atoms with Crippen LogP contribution in [0, 0.1) is 6.92 Å². The zero-order valence-electron chi connectivity index (χ0n) is 13.8. The molecular weight excluding hydrogens is 304 g/mol. The van der Waals surface area contributed by atoms with Crippen LogP contribution in [0.3, 0.4) is 0 Å². The van der Waals surface area contributed by atoms with Crippen molar-refractivity contribution in [3.63, 3.8) is 0 Å². The molecule has 0 aromatic heterocycles. The van der Waals surface area contributed by atoms with Gasteiger partial charge in [0.25, 0.3) is 11.8 Å². The molecule has 24 heavy (non-hydrogen) atoms. The number of hydrogen-bond donors (Lipinski definition) is 2. The molecule has 1 atom stereocenters. The first-order valence-corrected chi connectivity index (χ1v) is 8.01. The molecule has 2 amide bonds. The fourth-order valence-corrected chi connectivity index (χ4v) is 2.69. The van der Waals surface area contributed by atoms with E-state index in [4.69, 9.17) is 4.74 Å². The van der Waals surface area contributed by atoms with Crippen molar-refractivity contribution in [3.8, 4) is 5.75 Å². The second-order valence-corrected chi connectivity index (χ2v) is 5.89. The van der Waals surface area contributed by atoms with Gasteiger partial charge in [-0.05, 0) is 37.1 Å². The lowest BCUT2D eigenvalue weighted by molar-refractivity contribution is -0.118. The van der Waals surface area contributed by atoms with Crippen LogP contribution >= 0.6 is 0 Å². The number of carbonyl (C=O) groups is 2. The lowest BCUT2D eigenvalue weighted by atomic mass is 10.0. The minimum atomic E-state index is -0.217. The highest BCUT2D eigenvalue weighted by Crippen LogP contribution is 2.28. The minimum absolute atomic E-state index is 0.00385. The standard InChI is InChI=1S/C19H20N2O3/c1-3-15(13-6-4-12(2)5-7-13)21-19(23)14-8-9-17-16(10-14)20-18(22)11-24-17/h4-10,15H,3,11H2,1-2H3,(H,20,22)(H,21,23). The number of fused-ring (bicyclic) bond motifs is 1. The molecule has 2 N–H and O–H groups in total. The SMILES string of the molecule is CCC(NC(=O)c1ccc2c(c1)NC(=O)CO2)c1ccc(C)cc1. The maximum Gasteiger partial charge on any atom is 0.262 e. The molecule has 0 spiro atoms. The largest absolute Gasteiger partial charge is 0.482 e. The summed E-state index contributed by atoms with van der Waals surface area (Å²) in [5.74, 6) is 0.188. The van der Waals surface area contributed by atoms with Crippen molar-refractivity contribution in [2.24, 2.45) is 0 Å². The van der Waals surface area contributed by atoms with Gasteiger partial charge in [0, 0.05) is 5.56 Å². The summed E-state index contributed by atoms with van der Waals surface area (Å²) >= 11 is 0. The van der Waals surface area contributed by atoms with Crippen molar-refractivity contribution < 1.29 is 14.3 Å². The fourth-order valence-electron chi connectivity index (χ4n) is 2.69. The topological polar surface area (TPSA) is 67.4 Å². The molecule has 2 aromatic carbocycles. The Labute approximate surface area is 141 Å². The number of amides is 2. The average Bonchev–Trinajstić information content (AvgIpc) is 2.59. The van der Waals surface area contributed by atoms with E-state index in [9.17, 15) is 9.59 Å². The van der Waals surface area contributed by atoms with Crippen LogP contribution in [-0.2, 0) is 4.79 Å². The van der Waals surface area contributed by atoms with Gasteiger partial charge in [-0.3, -0.25) is 9.59 Å². The third kappa shape index (κ3) is 3.40. The Hall–Kier alpha value is -2.82. The van der Waals surface area contributed by atoms with E-state index in [2.05, 4.69) is 10.6 Å². The monoisotopic (exact) mass is 324 g/mol. The van der Waals surface area contributed by atoms with Crippen LogP contribution < -0.4 is 15.4 Å². The van der Waals surface area contributed by atoms with E-state index in [1.54, 1.807) is 18.2 Å². The summed E-state index contributed by atoms with van der Waals surface area (Å²) in [7, 11) is 0. The first-order valence-electron chi connectivity index (χ1n) is 8.01. The summed E-state index contributed by atoms with van der Waals surface area (Å²) in [5, 5.41) is 5.76. The molecule has 1 heterocycles. The Morgan fingerprint density at radius 3 is 2.71 bits per heavy atom. The van der Waals surface area contributed by atoms with Crippen LogP contribution in [0.25, 0.3) is 0 Å². The van der Waals surface area contributed by atoms with Crippen molar-refractivity contribution >= 4 is 17.5 Å². The van der Waals surface area contributed by atoms with Crippen LogP contribution in [0.1, 0.15) is 40.9 Å². The lowest BCUT2D eigenvalue weighted by Gasteiger charge is -2.20. The third-order valence-electron chi connectivity index (χ3n) is 4.07. The van der Waals surface area contributed by atoms with Crippen LogP contribution in [0.2, 0.25) is 0 Å². The number of carbonyl (C=O) groups excluding carboxylic acids is 2. The molecule has 0 fully saturated rings. The average molecular weight is 324 g/mol. The minimum Gasteiger partial charge on any atom is -0.482 e. The van der Waals surface area contributed by atoms with Gasteiger partial charge in [-0.15, -0.1) is 0 Å². The molecule has 1 unspecified atom stereocenters. The van der Waals surface area contributed by atoms with Gasteiger partial charge in [0.1, 0.15) is 5.75 Å². The van der Waals surface area contributed by atoms with Crippen LogP contribution in [-0.4, -0.2) is 18.4 Å². The van der Waals surface area contributed by atoms with E-state index >= 15 is 0 Å². The number of benzene rings is 2. The van der Waals surface area contributed by atoms with Crippen molar-refractivity contribution in [2.45, 2.75) is 26.3 Å². The van der Waals surface area contributed by atoms with Crippen molar-refractivity contribution in [1.29, 1.82) is 0 Å². The van der Waals surface area contributed by atoms with Crippen LogP contribution in [0.4, 0.5) is 5.69 Å². The highest BCUT2D eigenvalue weighted by Gasteiger charge is 2.19. The molecule has 2 aromatic rings. The molecular formula is C19H20N2O3. The second kappa shape index (κ2) is 6.74. The molecule has 3 rings (SSSR count). The molecule has 5 heteroatoms. The van der Waals surface area contributed by atoms with E-state index in [1.807, 2.05) is 38.1 Å². The first kappa shape index (κ1) is 16.1. The zero-order chi connectivity index (χ0) is 17.1. The summed E-state index contributed by atoms with van der Waals surface area (Å²) in [6, 6.07) is 13.1. The molecule has 1 aliphatic rings. The Morgan fingerprint density at radius 1 is 1.25 bits per heavy atom. The molecule has 0 aliphatic carbocycles. The normalized spacial score (nSPS) is 14.2. The summed E-state index contributed by atoms with van der Waals surface area (Å²) in [6.45, 7) is 4.07. The Balaban J connectivity index is 1.77. The zero-order valence-corrected chi connectivity index (χ0v) is 13.8. The Morgan fingerprint density at radius 2 is 2.00 bits per heavy atom. The molecule has 0 bridgehead atoms. The second-order valence-electron chi connectivity index (χ2n) is 5.89. The number of rotatable bonds is 4. The third-order valence-corrected chi connectivity index (χ3v) is 4.07. The number of anilines is 1. The summed E-state index contributed by atoms with van der Waals surface area (Å²) in [6.07, 6.45) is 0.791. The van der Waals surface area contributed by atoms with Crippen LogP contribution in [0.15, 0.2) is 42.5 Å². The van der Waals surface area contributed by atoms with Gasteiger partial charge in [-0.1, -0.05) is 36.8 Å². The van der Waals surface area contributed by atoms with Gasteiger partial charge in [0.15, 0.2) is 6.61 Å². The summed E-state index contributed by atoms with van der Waals surface area (Å²) < 4.78 is 5.31. The Bertz CT molecular complexity index is 769. The van der Waals surface area contributed by atoms with Gasteiger partial charge in [0.2, 0.25) is 0 Å². The summed E-state index contributed by atoms with van der Waals surface area (Å²) in [4.78, 5) is 24.0. The van der Waals surface area contributed by atoms with Gasteiger partial charge in [-0.25, -0.2) is 0 Å². The van der Waals surface area contributed by atoms with E-state index in [0.717, 1.165) is 12.0 Å². The number of ether oxygens (including phenoxy) is 1. The summed E-state index contributed by atoms with van der Waals surface area (Å²) in [5.41, 5.74) is 3.28. The lowest BCUT2D eigenvalue weighted by Crippen LogP contribution is -2.29. The highest BCUT2D eigenvalue weighted by atomic mass is 16.5. The predicted octanol–water partition coefficient (Wildman–Crippen LogP) is 3.21. The molecule has 0 radical (unpaired) electrons. The first-order chi connectivity index (χ1) is 11.6. The van der Waals surface area contributed by atoms with Crippen molar-refractivity contribution in [3.05, 3.63) is 59.2 Å². The van der Waals surface area contributed by atoms with Gasteiger partial charge >= 0.3 is 0 Å². The van der Waals surface area contributed by atoms with Gasteiger partial charge in [-0.2, -0.15) is 0 Å². The molecule has 124 valence electrons. The quantitative estimate of drug-likeness (QED) is 0.907. The Kier molecular flexibility index (Phi) is 4.51. The van der Waals surface area contributed by atoms with E-state index < -0.39 is 0 Å². The van der Waals surface area contributed by atoms with Crippen molar-refractivity contribution in [2.75, 3.05) is 11.9 Å². The number of nitrogens with one attached hydrogen (secondary N) is 2. The van der Waals surface area contributed by atoms with E-state index in [0.29, 0.717) is 17.0 Å². The van der Waals surface area contributed by atoms with Crippen molar-refractivity contribution in [1.82, 2.24) is 5.32 Å². The van der Waals surface area contributed by atoms with Gasteiger partial charge in [0.05, 0.1) is 11.7 Å². The number of aryl methyl sites for hydroxylation is 1. The van der Waals surface area contributed by atoms with E-state index in [-0.39, 0.29) is 24.5 Å². The molecule has 0 saturated carbocycles. The predicted molar refractivity (Wildman–Crippen MR) is 92.2 cm³/mol. The number of hydrogen-bond acceptors (Lipinski definition) is 3. The molecule has 5 nitrogen and oxygen atoms in total. The highest BCUT2D eigenvalue weighted by molar-refractivity contribution is 6.00. The fraction of sp³-hybridized carbons (Fsp3) is 0.263. The van der Waals surface area contributed by atoms with E-state index in [1.165, 1.54) is 5.56 Å².